The van der Waals surface area contributed by atoms with Gasteiger partial charge in [-0.1, -0.05) is 6.07 Å². The Kier molecular flexibility index (Phi) is 5.01. The molecule has 0 bridgehead atoms. The van der Waals surface area contributed by atoms with Crippen LogP contribution in [-0.2, 0) is 22.9 Å². The molecule has 2 N–H and O–H groups in total. The standard InChI is InChI=1S/C14H22N2O3S/c1-19-14-4-3-12(9-13(14)10-15)11-16-5-2-7-20(17,18)8-6-16/h3-4,9H,2,5-8,10-11,15H2,1H3. The van der Waals surface area contributed by atoms with E-state index in [0.29, 0.717) is 25.3 Å². The van der Waals surface area contributed by atoms with E-state index in [1.165, 1.54) is 0 Å². The molecule has 6 heteroatoms. The third-order valence-electron chi connectivity index (χ3n) is 3.62. The Balaban J connectivity index is 2.06. The Morgan fingerprint density at radius 1 is 1.30 bits per heavy atom. The van der Waals surface area contributed by atoms with Crippen LogP contribution < -0.4 is 10.5 Å². The molecule has 1 saturated heterocycles. The van der Waals surface area contributed by atoms with Gasteiger partial charge in [-0.2, -0.15) is 0 Å². The summed E-state index contributed by atoms with van der Waals surface area (Å²) in [5.74, 6) is 1.36. The molecule has 1 aliphatic rings. The second kappa shape index (κ2) is 6.56. The highest BCUT2D eigenvalue weighted by Crippen LogP contribution is 2.20. The van der Waals surface area contributed by atoms with Gasteiger partial charge in [0.25, 0.3) is 0 Å². The monoisotopic (exact) mass is 298 g/mol. The molecule has 0 amide bonds. The molecule has 112 valence electrons. The van der Waals surface area contributed by atoms with Gasteiger partial charge in [-0.15, -0.1) is 0 Å². The van der Waals surface area contributed by atoms with Crippen molar-refractivity contribution in [1.29, 1.82) is 0 Å². The fourth-order valence-corrected chi connectivity index (χ4v) is 3.81. The van der Waals surface area contributed by atoms with Gasteiger partial charge in [-0.25, -0.2) is 8.42 Å². The third kappa shape index (κ3) is 3.94. The molecule has 0 spiro atoms. The minimum atomic E-state index is -2.85. The first-order valence-corrected chi connectivity index (χ1v) is 8.65. The Hall–Kier alpha value is -1.11. The fourth-order valence-electron chi connectivity index (χ4n) is 2.50. The van der Waals surface area contributed by atoms with Crippen LogP contribution in [0.5, 0.6) is 5.75 Å². The molecule has 0 unspecified atom stereocenters. The molecule has 0 atom stereocenters. The SMILES string of the molecule is COc1ccc(CN2CCCS(=O)(=O)CC2)cc1CN. The molecule has 0 aromatic heterocycles. The predicted molar refractivity (Wildman–Crippen MR) is 79.4 cm³/mol. The summed E-state index contributed by atoms with van der Waals surface area (Å²) in [7, 11) is -1.22. The zero-order valence-electron chi connectivity index (χ0n) is 11.8. The number of rotatable bonds is 4. The average Bonchev–Trinajstić information content (AvgIpc) is 2.60. The van der Waals surface area contributed by atoms with E-state index in [4.69, 9.17) is 10.5 Å². The van der Waals surface area contributed by atoms with E-state index in [0.717, 1.165) is 30.0 Å². The summed E-state index contributed by atoms with van der Waals surface area (Å²) in [5.41, 5.74) is 7.84. The van der Waals surface area contributed by atoms with Crippen molar-refractivity contribution in [2.24, 2.45) is 5.73 Å². The van der Waals surface area contributed by atoms with Gasteiger partial charge in [0.1, 0.15) is 5.75 Å². The van der Waals surface area contributed by atoms with Gasteiger partial charge < -0.3 is 10.5 Å². The summed E-state index contributed by atoms with van der Waals surface area (Å²) in [4.78, 5) is 2.19. The van der Waals surface area contributed by atoms with Crippen LogP contribution in [0.4, 0.5) is 0 Å². The molecular weight excluding hydrogens is 276 g/mol. The number of nitrogens with zero attached hydrogens (tertiary/aromatic N) is 1. The summed E-state index contributed by atoms with van der Waals surface area (Å²) < 4.78 is 28.4. The van der Waals surface area contributed by atoms with Crippen molar-refractivity contribution in [3.8, 4) is 5.75 Å². The summed E-state index contributed by atoms with van der Waals surface area (Å²) in [5, 5.41) is 0. The molecule has 1 heterocycles. The van der Waals surface area contributed by atoms with E-state index < -0.39 is 9.84 Å². The fraction of sp³-hybridized carbons (Fsp3) is 0.571. The van der Waals surface area contributed by atoms with Crippen molar-refractivity contribution in [3.63, 3.8) is 0 Å². The normalized spacial score (nSPS) is 19.5. The Morgan fingerprint density at radius 2 is 2.10 bits per heavy atom. The summed E-state index contributed by atoms with van der Waals surface area (Å²) in [6.07, 6.45) is 0.711. The molecule has 20 heavy (non-hydrogen) atoms. The Bertz CT molecular complexity index is 558. The van der Waals surface area contributed by atoms with Gasteiger partial charge in [0.2, 0.25) is 0 Å². The molecule has 0 radical (unpaired) electrons. The summed E-state index contributed by atoms with van der Waals surface area (Å²) >= 11 is 0. The molecule has 1 aromatic carbocycles. The largest absolute Gasteiger partial charge is 0.496 e. The lowest BCUT2D eigenvalue weighted by molar-refractivity contribution is 0.287. The maximum atomic E-state index is 11.6. The van der Waals surface area contributed by atoms with E-state index in [9.17, 15) is 8.42 Å². The van der Waals surface area contributed by atoms with Crippen LogP contribution in [0.3, 0.4) is 0 Å². The lowest BCUT2D eigenvalue weighted by Crippen LogP contribution is -2.26. The molecule has 1 aromatic rings. The number of hydrogen-bond donors (Lipinski definition) is 1. The number of sulfone groups is 1. The molecule has 1 aliphatic heterocycles. The van der Waals surface area contributed by atoms with Crippen LogP contribution in [0.2, 0.25) is 0 Å². The number of methoxy groups -OCH3 is 1. The molecular formula is C14H22N2O3S. The highest BCUT2D eigenvalue weighted by Gasteiger charge is 2.19. The van der Waals surface area contributed by atoms with Crippen LogP contribution in [-0.4, -0.2) is 45.0 Å². The lowest BCUT2D eigenvalue weighted by Gasteiger charge is -2.20. The first-order chi connectivity index (χ1) is 9.54. The average molecular weight is 298 g/mol. The van der Waals surface area contributed by atoms with Gasteiger partial charge in [-0.05, 0) is 30.7 Å². The highest BCUT2D eigenvalue weighted by atomic mass is 32.2. The lowest BCUT2D eigenvalue weighted by atomic mass is 10.1. The topological polar surface area (TPSA) is 72.6 Å². The van der Waals surface area contributed by atoms with Crippen LogP contribution in [0, 0.1) is 0 Å². The quantitative estimate of drug-likeness (QED) is 0.889. The van der Waals surface area contributed by atoms with Crippen molar-refractivity contribution >= 4 is 9.84 Å². The van der Waals surface area contributed by atoms with Crippen molar-refractivity contribution in [2.75, 3.05) is 31.7 Å². The van der Waals surface area contributed by atoms with E-state index in [2.05, 4.69) is 4.90 Å². The molecule has 0 aliphatic carbocycles. The first-order valence-electron chi connectivity index (χ1n) is 6.83. The van der Waals surface area contributed by atoms with Crippen molar-refractivity contribution in [2.45, 2.75) is 19.5 Å². The van der Waals surface area contributed by atoms with Gasteiger partial charge in [0.15, 0.2) is 9.84 Å². The van der Waals surface area contributed by atoms with Crippen molar-refractivity contribution in [3.05, 3.63) is 29.3 Å². The minimum absolute atomic E-state index is 0.257. The molecule has 0 saturated carbocycles. The molecule has 2 rings (SSSR count). The first kappa shape index (κ1) is 15.3. The maximum absolute atomic E-state index is 11.6. The summed E-state index contributed by atoms with van der Waals surface area (Å²) in [6, 6.07) is 5.97. The van der Waals surface area contributed by atoms with E-state index in [-0.39, 0.29) is 5.75 Å². The smallest absolute Gasteiger partial charge is 0.151 e. The van der Waals surface area contributed by atoms with Crippen LogP contribution in [0.1, 0.15) is 17.5 Å². The molecule has 5 nitrogen and oxygen atoms in total. The van der Waals surface area contributed by atoms with E-state index in [1.807, 2.05) is 18.2 Å². The minimum Gasteiger partial charge on any atom is -0.496 e. The predicted octanol–water partition coefficient (Wildman–Crippen LogP) is 0.774. The van der Waals surface area contributed by atoms with E-state index >= 15 is 0 Å². The third-order valence-corrected chi connectivity index (χ3v) is 5.33. The number of ether oxygens (including phenoxy) is 1. The second-order valence-electron chi connectivity index (χ2n) is 5.13. The van der Waals surface area contributed by atoms with Gasteiger partial charge in [-0.3, -0.25) is 4.90 Å². The van der Waals surface area contributed by atoms with Crippen molar-refractivity contribution < 1.29 is 13.2 Å². The van der Waals surface area contributed by atoms with E-state index in [1.54, 1.807) is 7.11 Å². The number of hydrogen-bond acceptors (Lipinski definition) is 5. The van der Waals surface area contributed by atoms with Crippen LogP contribution in [0.15, 0.2) is 18.2 Å². The Morgan fingerprint density at radius 3 is 2.80 bits per heavy atom. The highest BCUT2D eigenvalue weighted by molar-refractivity contribution is 7.91. The van der Waals surface area contributed by atoms with Gasteiger partial charge in [0, 0.05) is 25.2 Å². The Labute approximate surface area is 120 Å². The number of nitrogens with two attached hydrogens (primary N) is 1. The number of benzene rings is 1. The maximum Gasteiger partial charge on any atom is 0.151 e. The molecule has 1 fully saturated rings. The zero-order chi connectivity index (χ0) is 14.6. The van der Waals surface area contributed by atoms with Crippen LogP contribution >= 0.6 is 0 Å². The summed E-state index contributed by atoms with van der Waals surface area (Å²) in [6.45, 7) is 2.62. The zero-order valence-corrected chi connectivity index (χ0v) is 12.7. The second-order valence-corrected chi connectivity index (χ2v) is 7.44. The van der Waals surface area contributed by atoms with Gasteiger partial charge >= 0.3 is 0 Å². The van der Waals surface area contributed by atoms with Crippen LogP contribution in [0.25, 0.3) is 0 Å². The van der Waals surface area contributed by atoms with Crippen molar-refractivity contribution in [1.82, 2.24) is 4.90 Å². The van der Waals surface area contributed by atoms with Gasteiger partial charge in [0.05, 0.1) is 18.6 Å².